The van der Waals surface area contributed by atoms with Crippen LogP contribution in [0.5, 0.6) is 5.75 Å². The van der Waals surface area contributed by atoms with Crippen LogP contribution >= 0.6 is 24.8 Å². The summed E-state index contributed by atoms with van der Waals surface area (Å²) in [5.74, 6) is 0.878. The van der Waals surface area contributed by atoms with Gasteiger partial charge in [0.15, 0.2) is 0 Å². The minimum atomic E-state index is -0.799. The van der Waals surface area contributed by atoms with Gasteiger partial charge in [-0.3, -0.25) is 4.79 Å². The fourth-order valence-corrected chi connectivity index (χ4v) is 2.45. The molecule has 5 nitrogen and oxygen atoms in total. The quantitative estimate of drug-likeness (QED) is 0.905. The summed E-state index contributed by atoms with van der Waals surface area (Å²) in [5.41, 5.74) is 6.16. The molecule has 0 radical (unpaired) electrons. The van der Waals surface area contributed by atoms with Gasteiger partial charge in [0.25, 0.3) is 0 Å². The molecule has 0 aromatic heterocycles. The lowest BCUT2D eigenvalue weighted by atomic mass is 10.0. The van der Waals surface area contributed by atoms with E-state index in [-0.39, 0.29) is 30.7 Å². The Morgan fingerprint density at radius 1 is 1.14 bits per heavy atom. The van der Waals surface area contributed by atoms with Crippen molar-refractivity contribution in [1.82, 2.24) is 4.90 Å². The van der Waals surface area contributed by atoms with E-state index in [0.29, 0.717) is 13.1 Å². The third-order valence-electron chi connectivity index (χ3n) is 3.54. The fraction of sp³-hybridized carbons (Fsp3) is 0.533. The summed E-state index contributed by atoms with van der Waals surface area (Å²) in [6.45, 7) is 6.48. The molecule has 7 heteroatoms. The Hall–Kier alpha value is -1.17. The number of hydrogen-bond acceptors (Lipinski definition) is 4. The summed E-state index contributed by atoms with van der Waals surface area (Å²) in [5, 5.41) is 0. The van der Waals surface area contributed by atoms with Gasteiger partial charge >= 0.3 is 0 Å². The minimum absolute atomic E-state index is 0. The molecule has 1 saturated heterocycles. The number of amides is 1. The minimum Gasteiger partial charge on any atom is -0.495 e. The number of nitrogens with two attached hydrogens (primary N) is 1. The van der Waals surface area contributed by atoms with Crippen LogP contribution in [0.3, 0.4) is 0 Å². The van der Waals surface area contributed by atoms with Crippen molar-refractivity contribution in [2.45, 2.75) is 19.4 Å². The van der Waals surface area contributed by atoms with Crippen molar-refractivity contribution in [1.29, 1.82) is 0 Å². The molecule has 2 rings (SSSR count). The van der Waals surface area contributed by atoms with E-state index in [4.69, 9.17) is 10.5 Å². The van der Waals surface area contributed by atoms with Crippen molar-refractivity contribution in [2.24, 2.45) is 5.73 Å². The zero-order valence-electron chi connectivity index (χ0n) is 13.2. The summed E-state index contributed by atoms with van der Waals surface area (Å²) in [7, 11) is 1.68. The average Bonchev–Trinajstić information content (AvgIpc) is 2.45. The molecule has 1 fully saturated rings. The van der Waals surface area contributed by atoms with Crippen LogP contribution in [0, 0.1) is 0 Å². The number of ether oxygens (including phenoxy) is 1. The lowest BCUT2D eigenvalue weighted by Crippen LogP contribution is -2.57. The number of para-hydroxylation sites is 2. The van der Waals surface area contributed by atoms with E-state index in [1.165, 1.54) is 0 Å². The molecule has 1 aromatic rings. The van der Waals surface area contributed by atoms with E-state index in [1.54, 1.807) is 21.0 Å². The fourth-order valence-electron chi connectivity index (χ4n) is 2.45. The Bertz CT molecular complexity index is 484. The zero-order valence-corrected chi connectivity index (χ0v) is 14.9. The van der Waals surface area contributed by atoms with Crippen LogP contribution in [0.4, 0.5) is 5.69 Å². The summed E-state index contributed by atoms with van der Waals surface area (Å²) < 4.78 is 5.38. The molecule has 1 amide bonds. The summed E-state index contributed by atoms with van der Waals surface area (Å²) in [6, 6.07) is 7.95. The number of piperazine rings is 1. The number of rotatable bonds is 3. The lowest BCUT2D eigenvalue weighted by Gasteiger charge is -2.38. The van der Waals surface area contributed by atoms with Crippen LogP contribution < -0.4 is 15.4 Å². The number of anilines is 1. The van der Waals surface area contributed by atoms with Gasteiger partial charge in [-0.1, -0.05) is 12.1 Å². The molecular weight excluding hydrogens is 325 g/mol. The molecule has 1 aliphatic heterocycles. The molecule has 0 unspecified atom stereocenters. The van der Waals surface area contributed by atoms with Gasteiger partial charge in [0.1, 0.15) is 5.75 Å². The monoisotopic (exact) mass is 349 g/mol. The van der Waals surface area contributed by atoms with E-state index in [9.17, 15) is 4.79 Å². The van der Waals surface area contributed by atoms with Crippen molar-refractivity contribution < 1.29 is 9.53 Å². The molecule has 0 atom stereocenters. The van der Waals surface area contributed by atoms with Crippen LogP contribution in [-0.2, 0) is 4.79 Å². The standard InChI is InChI=1S/C15H23N3O2.2ClH/c1-15(2,16)14(19)18-10-8-17(9-11-18)12-6-4-5-7-13(12)20-3;;/h4-7H,8-11,16H2,1-3H3;2*1H. The number of hydrogen-bond donors (Lipinski definition) is 1. The van der Waals surface area contributed by atoms with Gasteiger partial charge in [-0.05, 0) is 26.0 Å². The van der Waals surface area contributed by atoms with Crippen LogP contribution in [0.15, 0.2) is 24.3 Å². The smallest absolute Gasteiger partial charge is 0.242 e. The normalized spacial score (nSPS) is 14.7. The number of carbonyl (C=O) groups is 1. The van der Waals surface area contributed by atoms with Crippen molar-refractivity contribution in [3.63, 3.8) is 0 Å². The van der Waals surface area contributed by atoms with Gasteiger partial charge in [0, 0.05) is 26.2 Å². The second-order valence-corrected chi connectivity index (χ2v) is 5.67. The van der Waals surface area contributed by atoms with Gasteiger partial charge in [-0.2, -0.15) is 0 Å². The van der Waals surface area contributed by atoms with Crippen LogP contribution in [0.2, 0.25) is 0 Å². The van der Waals surface area contributed by atoms with Gasteiger partial charge in [-0.15, -0.1) is 24.8 Å². The molecule has 0 bridgehead atoms. The topological polar surface area (TPSA) is 58.8 Å². The van der Waals surface area contributed by atoms with Gasteiger partial charge in [-0.25, -0.2) is 0 Å². The summed E-state index contributed by atoms with van der Waals surface area (Å²) >= 11 is 0. The average molecular weight is 350 g/mol. The first-order valence-corrected chi connectivity index (χ1v) is 6.89. The van der Waals surface area contributed by atoms with Gasteiger partial charge in [0.2, 0.25) is 5.91 Å². The Morgan fingerprint density at radius 3 is 2.18 bits per heavy atom. The van der Waals surface area contributed by atoms with Crippen molar-refractivity contribution in [2.75, 3.05) is 38.2 Å². The highest BCUT2D eigenvalue weighted by Crippen LogP contribution is 2.28. The Morgan fingerprint density at radius 2 is 1.68 bits per heavy atom. The van der Waals surface area contributed by atoms with E-state index in [2.05, 4.69) is 4.90 Å². The molecule has 0 spiro atoms. The molecule has 1 aliphatic rings. The lowest BCUT2D eigenvalue weighted by molar-refractivity contribution is -0.136. The van der Waals surface area contributed by atoms with E-state index < -0.39 is 5.54 Å². The maximum Gasteiger partial charge on any atom is 0.242 e. The number of nitrogens with zero attached hydrogens (tertiary/aromatic N) is 2. The first-order chi connectivity index (χ1) is 9.43. The molecule has 1 aromatic carbocycles. The number of benzene rings is 1. The van der Waals surface area contributed by atoms with Crippen LogP contribution in [0.25, 0.3) is 0 Å². The molecule has 0 aliphatic carbocycles. The van der Waals surface area contributed by atoms with E-state index >= 15 is 0 Å². The maximum absolute atomic E-state index is 12.1. The Kier molecular flexibility index (Phi) is 8.01. The first kappa shape index (κ1) is 20.8. The largest absolute Gasteiger partial charge is 0.495 e. The van der Waals surface area contributed by atoms with Crippen molar-refractivity contribution in [3.8, 4) is 5.75 Å². The highest BCUT2D eigenvalue weighted by molar-refractivity contribution is 5.86. The zero-order chi connectivity index (χ0) is 14.8. The second kappa shape index (κ2) is 8.46. The molecule has 2 N–H and O–H groups in total. The summed E-state index contributed by atoms with van der Waals surface area (Å²) in [6.07, 6.45) is 0. The van der Waals surface area contributed by atoms with Crippen LogP contribution in [-0.4, -0.2) is 49.6 Å². The van der Waals surface area contributed by atoms with Crippen molar-refractivity contribution in [3.05, 3.63) is 24.3 Å². The van der Waals surface area contributed by atoms with Crippen LogP contribution in [0.1, 0.15) is 13.8 Å². The molecular formula is C15H25Cl2N3O2. The molecule has 22 heavy (non-hydrogen) atoms. The SMILES string of the molecule is COc1ccccc1N1CCN(C(=O)C(C)(C)N)CC1.Cl.Cl. The predicted molar refractivity (Wildman–Crippen MR) is 94.5 cm³/mol. The number of methoxy groups -OCH3 is 1. The Balaban J connectivity index is 0.00000220. The second-order valence-electron chi connectivity index (χ2n) is 5.67. The third kappa shape index (κ3) is 4.66. The number of carbonyl (C=O) groups excluding carboxylic acids is 1. The third-order valence-corrected chi connectivity index (χ3v) is 3.54. The molecule has 126 valence electrons. The first-order valence-electron chi connectivity index (χ1n) is 6.89. The van der Waals surface area contributed by atoms with Crippen molar-refractivity contribution >= 4 is 36.4 Å². The Labute approximate surface area is 144 Å². The van der Waals surface area contributed by atoms with Gasteiger partial charge in [0.05, 0.1) is 18.3 Å². The predicted octanol–water partition coefficient (Wildman–Crippen LogP) is 1.92. The highest BCUT2D eigenvalue weighted by atomic mass is 35.5. The molecule has 0 saturated carbocycles. The highest BCUT2D eigenvalue weighted by Gasteiger charge is 2.30. The van der Waals surface area contributed by atoms with E-state index in [0.717, 1.165) is 24.5 Å². The summed E-state index contributed by atoms with van der Waals surface area (Å²) in [4.78, 5) is 16.2. The van der Waals surface area contributed by atoms with E-state index in [1.807, 2.05) is 29.2 Å². The maximum atomic E-state index is 12.1. The number of halogens is 2. The molecule has 1 heterocycles. The van der Waals surface area contributed by atoms with Gasteiger partial charge < -0.3 is 20.3 Å².